The number of hydrogen-bond donors (Lipinski definition) is 1. The van der Waals surface area contributed by atoms with Gasteiger partial charge in [0.1, 0.15) is 6.10 Å². The van der Waals surface area contributed by atoms with Crippen molar-refractivity contribution in [2.45, 2.75) is 25.9 Å². The summed E-state index contributed by atoms with van der Waals surface area (Å²) in [6, 6.07) is 0. The monoisotopic (exact) mass is 204 g/mol. The molecule has 0 aliphatic carbocycles. The maximum Gasteiger partial charge on any atom is 0.309 e. The van der Waals surface area contributed by atoms with Crippen LogP contribution in [0.2, 0.25) is 0 Å². The molecule has 14 heavy (non-hydrogen) atoms. The molecule has 0 rings (SSSR count). The molecular weight excluding hydrogens is 192 g/mol. The molecule has 1 N–H and O–H groups in total. The third-order valence-electron chi connectivity index (χ3n) is 1.36. The van der Waals surface area contributed by atoms with Crippen molar-refractivity contribution in [2.75, 3.05) is 7.11 Å². The molecule has 0 aromatic carbocycles. The minimum Gasteiger partial charge on any atom is -0.481 e. The lowest BCUT2D eigenvalue weighted by molar-refractivity contribution is -0.155. The number of carboxylic acid groups (broad SMARTS) is 1. The molecule has 80 valence electrons. The maximum atomic E-state index is 10.8. The lowest BCUT2D eigenvalue weighted by atomic mass is 10.2. The number of rotatable bonds is 5. The highest BCUT2D eigenvalue weighted by molar-refractivity contribution is 5.74. The summed E-state index contributed by atoms with van der Waals surface area (Å²) in [5.74, 6) is -2.38. The highest BCUT2D eigenvalue weighted by Crippen LogP contribution is 2.05. The summed E-state index contributed by atoms with van der Waals surface area (Å²) in [5.41, 5.74) is 0. The van der Waals surface area contributed by atoms with Gasteiger partial charge < -0.3 is 14.6 Å². The number of esters is 2. The molecule has 0 fully saturated rings. The van der Waals surface area contributed by atoms with Crippen LogP contribution in [0.5, 0.6) is 0 Å². The van der Waals surface area contributed by atoms with E-state index in [1.807, 2.05) is 0 Å². The number of hydrogen-bond acceptors (Lipinski definition) is 5. The van der Waals surface area contributed by atoms with Crippen LogP contribution in [-0.4, -0.2) is 36.2 Å². The molecule has 0 unspecified atom stereocenters. The van der Waals surface area contributed by atoms with E-state index < -0.39 is 30.4 Å². The number of carbonyl (C=O) groups is 3. The van der Waals surface area contributed by atoms with Gasteiger partial charge in [0, 0.05) is 6.92 Å². The predicted molar refractivity (Wildman–Crippen MR) is 44.4 cm³/mol. The number of methoxy groups -OCH3 is 1. The van der Waals surface area contributed by atoms with Crippen molar-refractivity contribution in [1.82, 2.24) is 0 Å². The third-order valence-corrected chi connectivity index (χ3v) is 1.36. The molecule has 0 saturated carbocycles. The Balaban J connectivity index is 4.16. The quantitative estimate of drug-likeness (QED) is 0.632. The summed E-state index contributed by atoms with van der Waals surface area (Å²) in [5, 5.41) is 8.44. The number of carboxylic acids is 1. The molecule has 0 bridgehead atoms. The molecule has 0 aliphatic heterocycles. The second kappa shape index (κ2) is 5.95. The Hall–Kier alpha value is -1.59. The average molecular weight is 204 g/mol. The van der Waals surface area contributed by atoms with E-state index in [-0.39, 0.29) is 6.42 Å². The van der Waals surface area contributed by atoms with Gasteiger partial charge in [-0.15, -0.1) is 0 Å². The van der Waals surface area contributed by atoms with Crippen LogP contribution in [-0.2, 0) is 23.9 Å². The van der Waals surface area contributed by atoms with Crippen LogP contribution < -0.4 is 0 Å². The molecule has 1 atom stereocenters. The molecule has 0 saturated heterocycles. The summed E-state index contributed by atoms with van der Waals surface area (Å²) in [6.45, 7) is 1.14. The smallest absolute Gasteiger partial charge is 0.309 e. The van der Waals surface area contributed by atoms with Gasteiger partial charge in [-0.3, -0.25) is 14.4 Å². The van der Waals surface area contributed by atoms with Gasteiger partial charge in [-0.1, -0.05) is 0 Å². The Kier molecular flexibility index (Phi) is 5.28. The van der Waals surface area contributed by atoms with Crippen LogP contribution in [0.15, 0.2) is 0 Å². The molecule has 6 heteroatoms. The summed E-state index contributed by atoms with van der Waals surface area (Å²) >= 11 is 0. The number of aliphatic carboxylic acids is 1. The van der Waals surface area contributed by atoms with Gasteiger partial charge in [0.15, 0.2) is 0 Å². The topological polar surface area (TPSA) is 89.9 Å². The van der Waals surface area contributed by atoms with Gasteiger partial charge in [-0.25, -0.2) is 0 Å². The molecule has 0 amide bonds. The van der Waals surface area contributed by atoms with E-state index in [1.165, 1.54) is 7.11 Å². The van der Waals surface area contributed by atoms with Crippen LogP contribution in [0.1, 0.15) is 19.8 Å². The van der Waals surface area contributed by atoms with Crippen LogP contribution in [0, 0.1) is 0 Å². The zero-order valence-corrected chi connectivity index (χ0v) is 7.98. The highest BCUT2D eigenvalue weighted by atomic mass is 16.6. The molecule has 0 aromatic heterocycles. The Labute approximate surface area is 80.8 Å². The van der Waals surface area contributed by atoms with Crippen LogP contribution in [0.25, 0.3) is 0 Å². The van der Waals surface area contributed by atoms with Crippen molar-refractivity contribution in [1.29, 1.82) is 0 Å². The average Bonchev–Trinajstić information content (AvgIpc) is 2.01. The van der Waals surface area contributed by atoms with E-state index >= 15 is 0 Å². The zero-order valence-electron chi connectivity index (χ0n) is 7.98. The number of ether oxygens (including phenoxy) is 2. The Morgan fingerprint density at radius 1 is 1.29 bits per heavy atom. The van der Waals surface area contributed by atoms with E-state index in [0.29, 0.717) is 0 Å². The lowest BCUT2D eigenvalue weighted by Crippen LogP contribution is -2.24. The SMILES string of the molecule is COC(=O)C[C@@H](CC(=O)O)OC(C)=O. The van der Waals surface area contributed by atoms with Crippen molar-refractivity contribution in [3.63, 3.8) is 0 Å². The number of carbonyl (C=O) groups excluding carboxylic acids is 2. The first-order valence-electron chi connectivity index (χ1n) is 3.91. The van der Waals surface area contributed by atoms with E-state index in [2.05, 4.69) is 9.47 Å². The van der Waals surface area contributed by atoms with Gasteiger partial charge in [0.25, 0.3) is 0 Å². The first-order chi connectivity index (χ1) is 6.45. The van der Waals surface area contributed by atoms with Crippen molar-refractivity contribution in [3.8, 4) is 0 Å². The summed E-state index contributed by atoms with van der Waals surface area (Å²) < 4.78 is 8.93. The molecule has 0 heterocycles. The van der Waals surface area contributed by atoms with E-state index in [9.17, 15) is 14.4 Å². The normalized spacial score (nSPS) is 11.6. The van der Waals surface area contributed by atoms with E-state index in [4.69, 9.17) is 5.11 Å². The highest BCUT2D eigenvalue weighted by Gasteiger charge is 2.20. The Morgan fingerprint density at radius 3 is 2.21 bits per heavy atom. The van der Waals surface area contributed by atoms with Gasteiger partial charge in [-0.2, -0.15) is 0 Å². The largest absolute Gasteiger partial charge is 0.481 e. The van der Waals surface area contributed by atoms with Crippen molar-refractivity contribution in [2.24, 2.45) is 0 Å². The summed E-state index contributed by atoms with van der Waals surface area (Å²) in [6.07, 6.45) is -1.62. The fraction of sp³-hybridized carbons (Fsp3) is 0.625. The van der Waals surface area contributed by atoms with Gasteiger partial charge in [-0.05, 0) is 0 Å². The standard InChI is InChI=1S/C8H12O6/c1-5(9)14-6(3-7(10)11)4-8(12)13-2/h6H,3-4H2,1-2H3,(H,10,11)/t6-/m1/s1. The molecular formula is C8H12O6. The molecule has 0 aromatic rings. The molecule has 6 nitrogen and oxygen atoms in total. The first-order valence-corrected chi connectivity index (χ1v) is 3.91. The van der Waals surface area contributed by atoms with Crippen LogP contribution in [0.4, 0.5) is 0 Å². The van der Waals surface area contributed by atoms with E-state index in [1.54, 1.807) is 0 Å². The fourth-order valence-electron chi connectivity index (χ4n) is 0.854. The molecule has 0 spiro atoms. The van der Waals surface area contributed by atoms with Crippen LogP contribution in [0.3, 0.4) is 0 Å². The van der Waals surface area contributed by atoms with Crippen molar-refractivity contribution < 1.29 is 29.0 Å². The van der Waals surface area contributed by atoms with Crippen molar-refractivity contribution >= 4 is 17.9 Å². The third kappa shape index (κ3) is 5.99. The second-order valence-corrected chi connectivity index (χ2v) is 2.61. The van der Waals surface area contributed by atoms with Crippen molar-refractivity contribution in [3.05, 3.63) is 0 Å². The zero-order chi connectivity index (χ0) is 11.1. The maximum absolute atomic E-state index is 10.8. The summed E-state index contributed by atoms with van der Waals surface area (Å²) in [7, 11) is 1.17. The second-order valence-electron chi connectivity index (χ2n) is 2.61. The van der Waals surface area contributed by atoms with Crippen LogP contribution >= 0.6 is 0 Å². The Morgan fingerprint density at radius 2 is 1.86 bits per heavy atom. The lowest BCUT2D eigenvalue weighted by Gasteiger charge is -2.13. The van der Waals surface area contributed by atoms with Gasteiger partial charge in [0.05, 0.1) is 20.0 Å². The molecule has 0 radical (unpaired) electrons. The van der Waals surface area contributed by atoms with Gasteiger partial charge >= 0.3 is 17.9 Å². The van der Waals surface area contributed by atoms with E-state index in [0.717, 1.165) is 6.92 Å². The van der Waals surface area contributed by atoms with Gasteiger partial charge in [0.2, 0.25) is 0 Å². The minimum atomic E-state index is -1.14. The first kappa shape index (κ1) is 12.4. The fourth-order valence-corrected chi connectivity index (χ4v) is 0.854. The Bertz CT molecular complexity index is 218. The predicted octanol–water partition coefficient (Wildman–Crippen LogP) is -0.0441. The summed E-state index contributed by atoms with van der Waals surface area (Å²) in [4.78, 5) is 31.6. The molecule has 0 aliphatic rings. The minimum absolute atomic E-state index is 0.248.